The van der Waals surface area contributed by atoms with Gasteiger partial charge in [-0.15, -0.1) is 0 Å². The van der Waals surface area contributed by atoms with E-state index in [1.807, 2.05) is 42.5 Å². The summed E-state index contributed by atoms with van der Waals surface area (Å²) in [6, 6.07) is 13.5. The van der Waals surface area contributed by atoms with E-state index in [4.69, 9.17) is 22.1 Å². The van der Waals surface area contributed by atoms with Gasteiger partial charge in [-0.25, -0.2) is 0 Å². The van der Waals surface area contributed by atoms with Gasteiger partial charge in [0.15, 0.2) is 0 Å². The molecule has 2 aromatic rings. The fourth-order valence-corrected chi connectivity index (χ4v) is 2.39. The molecule has 0 aliphatic heterocycles. The average Bonchev–Trinajstić information content (AvgIpc) is 2.44. The lowest BCUT2D eigenvalue weighted by molar-refractivity contribution is 0.469. The molecule has 2 nitrogen and oxygen atoms in total. The predicted octanol–water partition coefficient (Wildman–Crippen LogP) is 5.17. The zero-order chi connectivity index (χ0) is 14.5. The highest BCUT2D eigenvalue weighted by Gasteiger charge is 2.11. The molecule has 0 fully saturated rings. The molecule has 106 valence electrons. The number of nitrogens with two attached hydrogens (primary N) is 1. The molecule has 4 heteroatoms. The second-order valence-corrected chi connectivity index (χ2v) is 5.95. The number of benzene rings is 2. The van der Waals surface area contributed by atoms with Crippen molar-refractivity contribution in [1.82, 2.24) is 0 Å². The van der Waals surface area contributed by atoms with Gasteiger partial charge in [-0.2, -0.15) is 0 Å². The lowest BCUT2D eigenvalue weighted by atomic mass is 10.0. The molecule has 0 radical (unpaired) electrons. The zero-order valence-corrected chi connectivity index (χ0v) is 13.6. The third-order valence-corrected chi connectivity index (χ3v) is 3.98. The Bertz CT molecular complexity index is 588. The molecular weight excluding hydrogens is 338 g/mol. The molecule has 0 bridgehead atoms. The van der Waals surface area contributed by atoms with Crippen LogP contribution < -0.4 is 10.5 Å². The van der Waals surface area contributed by atoms with Crippen LogP contribution in [-0.2, 0) is 6.42 Å². The van der Waals surface area contributed by atoms with Crippen LogP contribution in [0.1, 0.15) is 18.9 Å². The van der Waals surface area contributed by atoms with E-state index in [1.54, 1.807) is 0 Å². The Kier molecular flexibility index (Phi) is 5.46. The summed E-state index contributed by atoms with van der Waals surface area (Å²) in [5.41, 5.74) is 7.11. The van der Waals surface area contributed by atoms with Crippen molar-refractivity contribution in [2.75, 3.05) is 0 Å². The third-order valence-electron chi connectivity index (χ3n) is 3.09. The van der Waals surface area contributed by atoms with Gasteiger partial charge in [0, 0.05) is 11.1 Å². The van der Waals surface area contributed by atoms with Crippen LogP contribution >= 0.6 is 27.5 Å². The molecule has 0 aliphatic carbocycles. The van der Waals surface area contributed by atoms with Crippen molar-refractivity contribution in [3.05, 3.63) is 57.5 Å². The molecule has 0 saturated carbocycles. The molecule has 2 rings (SSSR count). The minimum atomic E-state index is 0.123. The van der Waals surface area contributed by atoms with Crippen LogP contribution in [0.3, 0.4) is 0 Å². The number of halogens is 2. The van der Waals surface area contributed by atoms with Gasteiger partial charge in [-0.05, 0) is 58.6 Å². The van der Waals surface area contributed by atoms with Crippen LogP contribution in [0.4, 0.5) is 0 Å². The molecule has 2 aromatic carbocycles. The van der Waals surface area contributed by atoms with Crippen molar-refractivity contribution in [2.24, 2.45) is 5.73 Å². The van der Waals surface area contributed by atoms with Gasteiger partial charge in [0.2, 0.25) is 0 Å². The quantitative estimate of drug-likeness (QED) is 0.803. The summed E-state index contributed by atoms with van der Waals surface area (Å²) < 4.78 is 6.89. The van der Waals surface area contributed by atoms with E-state index in [-0.39, 0.29) is 6.04 Å². The molecule has 20 heavy (non-hydrogen) atoms. The Balaban J connectivity index is 2.30. The molecular formula is C16H17BrClNO. The Labute approximate surface area is 133 Å². The maximum atomic E-state index is 6.07. The Morgan fingerprint density at radius 1 is 1.20 bits per heavy atom. The first-order valence-corrected chi connectivity index (χ1v) is 7.73. The minimum Gasteiger partial charge on any atom is -0.456 e. The number of ether oxygens (including phenoxy) is 1. The summed E-state index contributed by atoms with van der Waals surface area (Å²) >= 11 is 9.55. The van der Waals surface area contributed by atoms with E-state index in [9.17, 15) is 0 Å². The standard InChI is InChI=1S/C16H17BrClNO/c1-2-13(19)9-11-7-8-12(18)10-16(11)20-15-6-4-3-5-14(15)17/h3-8,10,13H,2,9,19H2,1H3. The molecule has 0 aromatic heterocycles. The lowest BCUT2D eigenvalue weighted by Crippen LogP contribution is -2.21. The summed E-state index contributed by atoms with van der Waals surface area (Å²) in [7, 11) is 0. The molecule has 0 spiro atoms. The maximum absolute atomic E-state index is 6.07. The molecule has 0 amide bonds. The normalized spacial score (nSPS) is 12.2. The number of hydrogen-bond donors (Lipinski definition) is 1. The van der Waals surface area contributed by atoms with Crippen LogP contribution in [0.5, 0.6) is 11.5 Å². The summed E-state index contributed by atoms with van der Waals surface area (Å²) in [5, 5.41) is 0.654. The molecule has 2 N–H and O–H groups in total. The second-order valence-electron chi connectivity index (χ2n) is 4.66. The Morgan fingerprint density at radius 3 is 2.65 bits per heavy atom. The topological polar surface area (TPSA) is 35.2 Å². The molecule has 0 saturated heterocycles. The Morgan fingerprint density at radius 2 is 1.95 bits per heavy atom. The molecule has 1 atom stereocenters. The van der Waals surface area contributed by atoms with Gasteiger partial charge in [0.05, 0.1) is 4.47 Å². The highest BCUT2D eigenvalue weighted by Crippen LogP contribution is 2.33. The van der Waals surface area contributed by atoms with E-state index in [2.05, 4.69) is 22.9 Å². The number of hydrogen-bond acceptors (Lipinski definition) is 2. The van der Waals surface area contributed by atoms with Crippen LogP contribution in [-0.4, -0.2) is 6.04 Å². The monoisotopic (exact) mass is 353 g/mol. The number of rotatable bonds is 5. The minimum absolute atomic E-state index is 0.123. The SMILES string of the molecule is CCC(N)Cc1ccc(Cl)cc1Oc1ccccc1Br. The van der Waals surface area contributed by atoms with Crippen LogP contribution in [0, 0.1) is 0 Å². The second kappa shape index (κ2) is 7.11. The van der Waals surface area contributed by atoms with Gasteiger partial charge >= 0.3 is 0 Å². The summed E-state index contributed by atoms with van der Waals surface area (Å²) in [5.74, 6) is 1.52. The van der Waals surface area contributed by atoms with Crippen molar-refractivity contribution in [1.29, 1.82) is 0 Å². The summed E-state index contributed by atoms with van der Waals surface area (Å²) in [6.07, 6.45) is 1.70. The third kappa shape index (κ3) is 3.98. The lowest BCUT2D eigenvalue weighted by Gasteiger charge is -2.15. The van der Waals surface area contributed by atoms with Gasteiger partial charge in [0.1, 0.15) is 11.5 Å². The fraction of sp³-hybridized carbons (Fsp3) is 0.250. The first kappa shape index (κ1) is 15.4. The van der Waals surface area contributed by atoms with Gasteiger partial charge < -0.3 is 10.5 Å². The van der Waals surface area contributed by atoms with E-state index >= 15 is 0 Å². The van der Waals surface area contributed by atoms with E-state index in [0.29, 0.717) is 5.02 Å². The van der Waals surface area contributed by atoms with Crippen molar-refractivity contribution >= 4 is 27.5 Å². The Hall–Kier alpha value is -1.03. The van der Waals surface area contributed by atoms with Crippen LogP contribution in [0.2, 0.25) is 5.02 Å². The molecule has 0 aliphatic rings. The highest BCUT2D eigenvalue weighted by molar-refractivity contribution is 9.10. The van der Waals surface area contributed by atoms with Crippen LogP contribution in [0.15, 0.2) is 46.9 Å². The highest BCUT2D eigenvalue weighted by atomic mass is 79.9. The predicted molar refractivity (Wildman–Crippen MR) is 87.6 cm³/mol. The zero-order valence-electron chi connectivity index (χ0n) is 11.3. The van der Waals surface area contributed by atoms with E-state index in [1.165, 1.54) is 0 Å². The first-order chi connectivity index (χ1) is 9.60. The van der Waals surface area contributed by atoms with Crippen molar-refractivity contribution < 1.29 is 4.74 Å². The summed E-state index contributed by atoms with van der Waals surface area (Å²) in [4.78, 5) is 0. The molecule has 1 unspecified atom stereocenters. The van der Waals surface area contributed by atoms with Crippen molar-refractivity contribution in [3.8, 4) is 11.5 Å². The smallest absolute Gasteiger partial charge is 0.141 e. The van der Waals surface area contributed by atoms with Gasteiger partial charge in [-0.1, -0.05) is 36.7 Å². The van der Waals surface area contributed by atoms with E-state index < -0.39 is 0 Å². The van der Waals surface area contributed by atoms with Crippen LogP contribution in [0.25, 0.3) is 0 Å². The number of para-hydroxylation sites is 1. The van der Waals surface area contributed by atoms with Gasteiger partial charge in [0.25, 0.3) is 0 Å². The first-order valence-electron chi connectivity index (χ1n) is 6.56. The fourth-order valence-electron chi connectivity index (χ4n) is 1.86. The summed E-state index contributed by atoms with van der Waals surface area (Å²) in [6.45, 7) is 2.08. The average molecular weight is 355 g/mol. The van der Waals surface area contributed by atoms with Gasteiger partial charge in [-0.3, -0.25) is 0 Å². The van der Waals surface area contributed by atoms with E-state index in [0.717, 1.165) is 34.4 Å². The van der Waals surface area contributed by atoms with Crippen molar-refractivity contribution in [2.45, 2.75) is 25.8 Å². The van der Waals surface area contributed by atoms with Crippen molar-refractivity contribution in [3.63, 3.8) is 0 Å². The largest absolute Gasteiger partial charge is 0.456 e. The maximum Gasteiger partial charge on any atom is 0.141 e. The molecule has 0 heterocycles.